The van der Waals surface area contributed by atoms with E-state index in [1.807, 2.05) is 19.1 Å². The van der Waals surface area contributed by atoms with Crippen molar-refractivity contribution in [2.24, 2.45) is 0 Å². The van der Waals surface area contributed by atoms with E-state index < -0.39 is 0 Å². The van der Waals surface area contributed by atoms with Gasteiger partial charge in [-0.15, -0.1) is 0 Å². The molecule has 1 heterocycles. The summed E-state index contributed by atoms with van der Waals surface area (Å²) < 4.78 is 12.9. The number of amides is 1. The summed E-state index contributed by atoms with van der Waals surface area (Å²) >= 11 is 5.98. The van der Waals surface area contributed by atoms with Crippen LogP contribution < -0.4 is 10.6 Å². The lowest BCUT2D eigenvalue weighted by Gasteiger charge is -2.11. The zero-order valence-corrected chi connectivity index (χ0v) is 16.3. The third-order valence-electron chi connectivity index (χ3n) is 4.13. The van der Waals surface area contributed by atoms with Crippen LogP contribution in [0.5, 0.6) is 0 Å². The van der Waals surface area contributed by atoms with Crippen LogP contribution in [0.15, 0.2) is 48.5 Å². The number of carbonyl (C=O) groups is 1. The number of aryl methyl sites for hydroxylation is 2. The molecule has 0 unspecified atom stereocenters. The zero-order valence-electron chi connectivity index (χ0n) is 15.6. The van der Waals surface area contributed by atoms with E-state index >= 15 is 0 Å². The second kappa shape index (κ2) is 8.80. The molecule has 0 aliphatic carbocycles. The van der Waals surface area contributed by atoms with Crippen LogP contribution in [0.1, 0.15) is 27.3 Å². The minimum atomic E-state index is -0.288. The molecule has 0 spiro atoms. The summed E-state index contributed by atoms with van der Waals surface area (Å²) in [6, 6.07) is 13.3. The van der Waals surface area contributed by atoms with Crippen LogP contribution >= 0.6 is 11.6 Å². The first-order chi connectivity index (χ1) is 13.4. The number of rotatable bonds is 6. The summed E-state index contributed by atoms with van der Waals surface area (Å²) in [5, 5.41) is 6.60. The fourth-order valence-electron chi connectivity index (χ4n) is 2.69. The molecule has 1 amide bonds. The van der Waals surface area contributed by atoms with Gasteiger partial charge in [0.15, 0.2) is 0 Å². The van der Waals surface area contributed by atoms with Gasteiger partial charge in [0, 0.05) is 22.9 Å². The van der Waals surface area contributed by atoms with Crippen LogP contribution in [-0.4, -0.2) is 22.4 Å². The summed E-state index contributed by atoms with van der Waals surface area (Å²) in [6.07, 6.45) is 0.602. The van der Waals surface area contributed by atoms with E-state index in [-0.39, 0.29) is 17.4 Å². The first-order valence-corrected chi connectivity index (χ1v) is 9.20. The van der Waals surface area contributed by atoms with Crippen LogP contribution in [0, 0.1) is 19.7 Å². The molecule has 0 saturated carbocycles. The average molecular weight is 399 g/mol. The van der Waals surface area contributed by atoms with Gasteiger partial charge < -0.3 is 10.6 Å². The second-order valence-corrected chi connectivity index (χ2v) is 6.87. The van der Waals surface area contributed by atoms with Crippen molar-refractivity contribution >= 4 is 29.1 Å². The molecule has 144 valence electrons. The van der Waals surface area contributed by atoms with Crippen LogP contribution in [0.25, 0.3) is 0 Å². The van der Waals surface area contributed by atoms with Crippen molar-refractivity contribution in [3.63, 3.8) is 0 Å². The maximum atomic E-state index is 12.9. The highest BCUT2D eigenvalue weighted by Gasteiger charge is 2.11. The molecule has 0 radical (unpaired) electrons. The number of anilines is 2. The minimum absolute atomic E-state index is 0.278. The van der Waals surface area contributed by atoms with Crippen molar-refractivity contribution in [1.82, 2.24) is 15.3 Å². The van der Waals surface area contributed by atoms with Gasteiger partial charge in [-0.3, -0.25) is 4.79 Å². The Morgan fingerprint density at radius 1 is 1.07 bits per heavy atom. The minimum Gasteiger partial charge on any atom is -0.350 e. The number of aromatic nitrogens is 2. The summed E-state index contributed by atoms with van der Waals surface area (Å²) in [5.41, 5.74) is 3.66. The van der Waals surface area contributed by atoms with Crippen molar-refractivity contribution in [3.8, 4) is 0 Å². The fourth-order valence-corrected chi connectivity index (χ4v) is 2.92. The molecule has 0 saturated heterocycles. The van der Waals surface area contributed by atoms with E-state index in [2.05, 4.69) is 20.6 Å². The summed E-state index contributed by atoms with van der Waals surface area (Å²) in [6.45, 7) is 4.15. The van der Waals surface area contributed by atoms with Gasteiger partial charge in [0.2, 0.25) is 5.95 Å². The van der Waals surface area contributed by atoms with Gasteiger partial charge in [-0.1, -0.05) is 23.7 Å². The summed E-state index contributed by atoms with van der Waals surface area (Å²) in [5.74, 6) is -0.224. The van der Waals surface area contributed by atoms with Gasteiger partial charge in [0.25, 0.3) is 5.91 Å². The lowest BCUT2D eigenvalue weighted by Crippen LogP contribution is -2.27. The molecule has 0 atom stereocenters. The molecule has 3 aromatic rings. The first kappa shape index (κ1) is 19.8. The highest BCUT2D eigenvalue weighted by atomic mass is 35.5. The maximum Gasteiger partial charge on any atom is 0.270 e. The van der Waals surface area contributed by atoms with Gasteiger partial charge in [-0.25, -0.2) is 14.4 Å². The smallest absolute Gasteiger partial charge is 0.270 e. The highest BCUT2D eigenvalue weighted by Crippen LogP contribution is 2.22. The van der Waals surface area contributed by atoms with E-state index in [9.17, 15) is 9.18 Å². The summed E-state index contributed by atoms with van der Waals surface area (Å²) in [7, 11) is 0. The lowest BCUT2D eigenvalue weighted by atomic mass is 10.1. The largest absolute Gasteiger partial charge is 0.350 e. The Hall–Kier alpha value is -2.99. The van der Waals surface area contributed by atoms with Gasteiger partial charge in [-0.05, 0) is 67.8 Å². The van der Waals surface area contributed by atoms with Gasteiger partial charge in [0.05, 0.1) is 0 Å². The maximum absolute atomic E-state index is 12.9. The normalized spacial score (nSPS) is 10.6. The Kier molecular flexibility index (Phi) is 6.21. The topological polar surface area (TPSA) is 66.9 Å². The highest BCUT2D eigenvalue weighted by molar-refractivity contribution is 6.30. The lowest BCUT2D eigenvalue weighted by molar-refractivity contribution is 0.0949. The van der Waals surface area contributed by atoms with Crippen molar-refractivity contribution in [3.05, 3.63) is 81.9 Å². The molecular formula is C21H20ClFN4O. The van der Waals surface area contributed by atoms with E-state index in [0.29, 0.717) is 29.6 Å². The fraction of sp³-hybridized carbons (Fsp3) is 0.190. The molecule has 2 aromatic carbocycles. The van der Waals surface area contributed by atoms with Crippen molar-refractivity contribution in [1.29, 1.82) is 0 Å². The van der Waals surface area contributed by atoms with Crippen LogP contribution in [0.3, 0.4) is 0 Å². The summed E-state index contributed by atoms with van der Waals surface area (Å²) in [4.78, 5) is 21.1. The third-order valence-corrected chi connectivity index (χ3v) is 4.37. The van der Waals surface area contributed by atoms with Crippen molar-refractivity contribution in [2.45, 2.75) is 20.3 Å². The predicted molar refractivity (Wildman–Crippen MR) is 109 cm³/mol. The van der Waals surface area contributed by atoms with Crippen LogP contribution in [-0.2, 0) is 6.42 Å². The second-order valence-electron chi connectivity index (χ2n) is 6.43. The third kappa shape index (κ3) is 5.27. The number of nitrogens with zero attached hydrogens (tertiary/aromatic N) is 2. The Bertz CT molecular complexity index is 992. The molecule has 5 nitrogen and oxygen atoms in total. The molecule has 0 bridgehead atoms. The van der Waals surface area contributed by atoms with Gasteiger partial charge in [0.1, 0.15) is 11.5 Å². The van der Waals surface area contributed by atoms with Gasteiger partial charge in [-0.2, -0.15) is 0 Å². The Labute approximate surface area is 168 Å². The Morgan fingerprint density at radius 3 is 2.54 bits per heavy atom. The average Bonchev–Trinajstić information content (AvgIpc) is 2.65. The van der Waals surface area contributed by atoms with Crippen LogP contribution in [0.2, 0.25) is 5.02 Å². The number of halogens is 2. The van der Waals surface area contributed by atoms with E-state index in [1.54, 1.807) is 31.2 Å². The quantitative estimate of drug-likeness (QED) is 0.636. The molecule has 7 heteroatoms. The van der Waals surface area contributed by atoms with E-state index in [0.717, 1.165) is 16.8 Å². The molecular weight excluding hydrogens is 379 g/mol. The Morgan fingerprint density at radius 2 is 1.82 bits per heavy atom. The van der Waals surface area contributed by atoms with Gasteiger partial charge >= 0.3 is 0 Å². The first-order valence-electron chi connectivity index (χ1n) is 8.82. The van der Waals surface area contributed by atoms with Crippen molar-refractivity contribution in [2.75, 3.05) is 11.9 Å². The monoisotopic (exact) mass is 398 g/mol. The van der Waals surface area contributed by atoms with E-state index in [4.69, 9.17) is 11.6 Å². The van der Waals surface area contributed by atoms with E-state index in [1.165, 1.54) is 12.1 Å². The number of carbonyl (C=O) groups excluding carboxylic acids is 1. The molecule has 0 aliphatic rings. The Balaban J connectivity index is 1.66. The number of nitrogens with one attached hydrogen (secondary N) is 2. The molecule has 0 fully saturated rings. The van der Waals surface area contributed by atoms with Crippen molar-refractivity contribution < 1.29 is 9.18 Å². The molecule has 28 heavy (non-hydrogen) atoms. The molecule has 0 aliphatic heterocycles. The SMILES string of the molecule is Cc1cc(C(=O)NCCc2ccc(F)cc2)nc(Nc2ccc(Cl)cc2C)n1. The predicted octanol–water partition coefficient (Wildman–Crippen LogP) is 4.60. The van der Waals surface area contributed by atoms with Crippen LogP contribution in [0.4, 0.5) is 16.0 Å². The molecule has 1 aromatic heterocycles. The number of hydrogen-bond donors (Lipinski definition) is 2. The number of hydrogen-bond acceptors (Lipinski definition) is 4. The standard InChI is InChI=1S/C21H20ClFN4O/c1-13-11-16(22)5-8-18(13)26-21-25-14(2)12-19(27-21)20(28)24-10-9-15-3-6-17(23)7-4-15/h3-8,11-12H,9-10H2,1-2H3,(H,24,28)(H,25,26,27). The number of benzene rings is 2. The zero-order chi connectivity index (χ0) is 20.1. The molecule has 3 rings (SSSR count). The molecule has 2 N–H and O–H groups in total.